The number of hydrogen-bond donors (Lipinski definition) is 2. The van der Waals surface area contributed by atoms with Crippen molar-refractivity contribution in [1.82, 2.24) is 0 Å². The Hall–Kier alpha value is -0.860. The van der Waals surface area contributed by atoms with Crippen molar-refractivity contribution in [3.8, 4) is 0 Å². The van der Waals surface area contributed by atoms with E-state index in [0.29, 0.717) is 29.6 Å². The van der Waals surface area contributed by atoms with Crippen LogP contribution in [0.5, 0.6) is 0 Å². The molecule has 3 aliphatic rings. The monoisotopic (exact) mass is 358 g/mol. The maximum atomic E-state index is 10.1. The highest BCUT2D eigenvalue weighted by molar-refractivity contribution is 5.38. The van der Waals surface area contributed by atoms with Gasteiger partial charge in [-0.3, -0.25) is 0 Å². The van der Waals surface area contributed by atoms with Crippen LogP contribution in [-0.2, 0) is 0 Å². The van der Waals surface area contributed by atoms with Crippen molar-refractivity contribution >= 4 is 0 Å². The minimum absolute atomic E-state index is 0.413. The van der Waals surface area contributed by atoms with Crippen LogP contribution in [0.2, 0.25) is 0 Å². The zero-order valence-electron chi connectivity index (χ0n) is 17.2. The smallest absolute Gasteiger partial charge is 0.0811 e. The molecule has 0 spiro atoms. The summed E-state index contributed by atoms with van der Waals surface area (Å²) in [6.45, 7) is 13.8. The molecule has 3 rings (SSSR count). The second-order valence-corrected chi connectivity index (χ2v) is 9.95. The quantitative estimate of drug-likeness (QED) is 0.693. The topological polar surface area (TPSA) is 40.5 Å². The van der Waals surface area contributed by atoms with Crippen LogP contribution in [0.3, 0.4) is 0 Å². The van der Waals surface area contributed by atoms with Gasteiger partial charge in [-0.1, -0.05) is 58.4 Å². The van der Waals surface area contributed by atoms with Gasteiger partial charge in [0.25, 0.3) is 0 Å². The molecule has 0 radical (unpaired) electrons. The molecule has 3 saturated carbocycles. The van der Waals surface area contributed by atoms with E-state index in [2.05, 4.69) is 46.4 Å². The van der Waals surface area contributed by atoms with E-state index in [1.54, 1.807) is 5.57 Å². The molecule has 0 aromatic carbocycles. The molecular weight excluding hydrogens is 320 g/mol. The highest BCUT2D eigenvalue weighted by Crippen LogP contribution is 2.62. The molecule has 146 valence electrons. The summed E-state index contributed by atoms with van der Waals surface area (Å²) in [6, 6.07) is 0. The van der Waals surface area contributed by atoms with Gasteiger partial charge in [-0.2, -0.15) is 0 Å². The van der Waals surface area contributed by atoms with Gasteiger partial charge in [0.15, 0.2) is 0 Å². The van der Waals surface area contributed by atoms with Gasteiger partial charge in [0, 0.05) is 6.42 Å². The van der Waals surface area contributed by atoms with Crippen LogP contribution in [-0.4, -0.2) is 22.4 Å². The Morgan fingerprint density at radius 2 is 1.96 bits per heavy atom. The maximum Gasteiger partial charge on any atom is 0.0811 e. The van der Waals surface area contributed by atoms with Crippen molar-refractivity contribution in [2.75, 3.05) is 0 Å². The molecule has 0 aromatic rings. The third kappa shape index (κ3) is 3.47. The molecule has 0 aromatic heterocycles. The van der Waals surface area contributed by atoms with Gasteiger partial charge in [0.1, 0.15) is 0 Å². The van der Waals surface area contributed by atoms with Gasteiger partial charge >= 0.3 is 0 Å². The summed E-state index contributed by atoms with van der Waals surface area (Å²) in [6.07, 6.45) is 12.2. The minimum Gasteiger partial charge on any atom is -0.393 e. The molecule has 0 saturated heterocycles. The first-order chi connectivity index (χ1) is 12.2. The first-order valence-electron chi connectivity index (χ1n) is 10.6. The van der Waals surface area contributed by atoms with Crippen molar-refractivity contribution < 1.29 is 10.2 Å². The summed E-state index contributed by atoms with van der Waals surface area (Å²) in [7, 11) is 0. The van der Waals surface area contributed by atoms with Crippen molar-refractivity contribution in [2.45, 2.75) is 91.3 Å². The van der Waals surface area contributed by atoms with Crippen LogP contribution >= 0.6 is 0 Å². The average Bonchev–Trinajstić information content (AvgIpc) is 2.95. The molecule has 3 fully saturated rings. The molecule has 2 N–H and O–H groups in total. The van der Waals surface area contributed by atoms with Crippen molar-refractivity contribution in [3.63, 3.8) is 0 Å². The zero-order valence-corrected chi connectivity index (χ0v) is 17.2. The molecule has 2 nitrogen and oxygen atoms in total. The van der Waals surface area contributed by atoms with E-state index >= 15 is 0 Å². The van der Waals surface area contributed by atoms with E-state index in [-0.39, 0.29) is 0 Å². The van der Waals surface area contributed by atoms with E-state index in [0.717, 1.165) is 17.1 Å². The zero-order chi connectivity index (χ0) is 19.1. The van der Waals surface area contributed by atoms with Crippen LogP contribution in [0.25, 0.3) is 0 Å². The normalized spacial score (nSPS) is 41.7. The second kappa shape index (κ2) is 7.28. The Morgan fingerprint density at radius 1 is 1.23 bits per heavy atom. The molecule has 0 aliphatic heterocycles. The fourth-order valence-electron chi connectivity index (χ4n) is 6.23. The van der Waals surface area contributed by atoms with Crippen LogP contribution in [0.4, 0.5) is 0 Å². The minimum atomic E-state index is -0.596. The van der Waals surface area contributed by atoms with Gasteiger partial charge < -0.3 is 10.2 Å². The first kappa shape index (κ1) is 19.9. The van der Waals surface area contributed by atoms with Crippen LogP contribution in [0.1, 0.15) is 79.1 Å². The predicted molar refractivity (Wildman–Crippen MR) is 109 cm³/mol. The lowest BCUT2D eigenvalue weighted by molar-refractivity contribution is 0.0435. The number of rotatable bonds is 3. The number of allylic oxidation sites excluding steroid dienone is 3. The molecule has 0 unspecified atom stereocenters. The summed E-state index contributed by atoms with van der Waals surface area (Å²) in [5, 5.41) is 20.1. The van der Waals surface area contributed by atoms with Crippen LogP contribution in [0, 0.1) is 22.7 Å². The van der Waals surface area contributed by atoms with Gasteiger partial charge in [0.2, 0.25) is 0 Å². The number of aliphatic hydroxyl groups excluding tert-OH is 2. The molecule has 0 bridgehead atoms. The van der Waals surface area contributed by atoms with E-state index in [4.69, 9.17) is 0 Å². The van der Waals surface area contributed by atoms with Crippen LogP contribution in [0.15, 0.2) is 35.5 Å². The fraction of sp³-hybridized carbons (Fsp3) is 0.750. The van der Waals surface area contributed by atoms with E-state index in [1.807, 2.05) is 0 Å². The molecule has 26 heavy (non-hydrogen) atoms. The Kier molecular flexibility index (Phi) is 5.57. The summed E-state index contributed by atoms with van der Waals surface area (Å²) in [4.78, 5) is 0. The summed E-state index contributed by atoms with van der Waals surface area (Å²) in [5.74, 6) is 1.49. The number of fused-ring (bicyclic) bond motifs is 1. The summed E-state index contributed by atoms with van der Waals surface area (Å²) in [5.41, 5.74) is 4.24. The molecule has 0 heterocycles. The van der Waals surface area contributed by atoms with Gasteiger partial charge in [-0.15, -0.1) is 0 Å². The third-order valence-electron chi connectivity index (χ3n) is 8.08. The third-order valence-corrected chi connectivity index (χ3v) is 8.08. The van der Waals surface area contributed by atoms with Crippen molar-refractivity contribution in [3.05, 3.63) is 35.5 Å². The lowest BCUT2D eigenvalue weighted by Gasteiger charge is -2.48. The molecule has 3 aliphatic carbocycles. The Morgan fingerprint density at radius 3 is 2.65 bits per heavy atom. The number of hydrogen-bond acceptors (Lipinski definition) is 2. The highest BCUT2D eigenvalue weighted by atomic mass is 16.3. The molecular formula is C24H38O2. The van der Waals surface area contributed by atoms with Crippen LogP contribution < -0.4 is 0 Å². The lowest BCUT2D eigenvalue weighted by atomic mass is 9.57. The molecule has 0 amide bonds. The fourth-order valence-corrected chi connectivity index (χ4v) is 6.23. The first-order valence-corrected chi connectivity index (χ1v) is 10.6. The average molecular weight is 359 g/mol. The van der Waals surface area contributed by atoms with E-state index in [9.17, 15) is 10.2 Å². The second-order valence-electron chi connectivity index (χ2n) is 9.95. The number of aliphatic hydroxyl groups is 2. The molecule has 5 atom stereocenters. The Bertz CT molecular complexity index is 612. The molecule has 2 heteroatoms. The maximum absolute atomic E-state index is 10.1. The van der Waals surface area contributed by atoms with E-state index in [1.165, 1.54) is 38.5 Å². The summed E-state index contributed by atoms with van der Waals surface area (Å²) < 4.78 is 0. The van der Waals surface area contributed by atoms with Gasteiger partial charge in [-0.05, 0) is 72.3 Å². The predicted octanol–water partition coefficient (Wildman–Crippen LogP) is 5.56. The SMILES string of the molecule is C=C1C(=CC=C2CCC[C@]3(C)[C@@H](C(C)(C)CC)CC[C@@H]23)C[C@@H](O)C[C@@H]1O. The van der Waals surface area contributed by atoms with Crippen molar-refractivity contribution in [1.29, 1.82) is 0 Å². The highest BCUT2D eigenvalue weighted by Gasteiger charge is 2.53. The standard InChI is InChI=1S/C24H38O2/c1-6-23(3,4)22-12-11-20-17(8-7-13-24(20,22)5)9-10-18-14-19(25)15-21(26)16(18)2/h9-10,19-22,25-26H,2,6-8,11-15H2,1,3-5H3/t19-,20+,21+,22-,24+/m1/s1. The lowest BCUT2D eigenvalue weighted by Crippen LogP contribution is -2.39. The Balaban J connectivity index is 1.85. The van der Waals surface area contributed by atoms with Gasteiger partial charge in [0.05, 0.1) is 12.2 Å². The van der Waals surface area contributed by atoms with Crippen molar-refractivity contribution in [2.24, 2.45) is 22.7 Å². The summed E-state index contributed by atoms with van der Waals surface area (Å²) >= 11 is 0. The Labute approximate surface area is 160 Å². The van der Waals surface area contributed by atoms with Gasteiger partial charge in [-0.25, -0.2) is 0 Å². The van der Waals surface area contributed by atoms with E-state index < -0.39 is 12.2 Å². The largest absolute Gasteiger partial charge is 0.393 e.